The minimum Gasteiger partial charge on any atom is -0.507 e. The molecule has 1 amide bonds. The van der Waals surface area contributed by atoms with Crippen LogP contribution < -0.4 is 14.2 Å². The number of hydrogen-bond donors (Lipinski definition) is 1. The highest BCUT2D eigenvalue weighted by atomic mass is 16.5. The molecular formula is C28H36N2O6. The standard InChI is InChI=1S/C28H36N2O6/c1-18(2)17-36-20-10-8-19(9-11-20)26(31)24-25(22-16-21(34-5)12-13-23(22)35-6)30(28(33)27(24)32)15-7-14-29(3)4/h8-13,16,18,25,31H,7,14-15,17H2,1-6H3/t25-/m0/s1. The fourth-order valence-corrected chi connectivity index (χ4v) is 4.17. The van der Waals surface area contributed by atoms with Gasteiger partial charge in [-0.3, -0.25) is 9.59 Å². The van der Waals surface area contributed by atoms with Gasteiger partial charge in [0.15, 0.2) is 0 Å². The molecule has 8 nitrogen and oxygen atoms in total. The number of benzene rings is 2. The van der Waals surface area contributed by atoms with E-state index in [1.54, 1.807) is 49.6 Å². The second kappa shape index (κ2) is 11.9. The second-order valence-electron chi connectivity index (χ2n) is 9.49. The molecule has 1 atom stereocenters. The molecule has 1 aliphatic heterocycles. The van der Waals surface area contributed by atoms with Crippen LogP contribution in [0.25, 0.3) is 5.76 Å². The van der Waals surface area contributed by atoms with Gasteiger partial charge < -0.3 is 29.1 Å². The van der Waals surface area contributed by atoms with E-state index in [0.717, 1.165) is 6.54 Å². The Bertz CT molecular complexity index is 1110. The molecule has 194 valence electrons. The van der Waals surface area contributed by atoms with E-state index >= 15 is 0 Å². The van der Waals surface area contributed by atoms with E-state index in [0.29, 0.717) is 53.9 Å². The molecule has 1 fully saturated rings. The zero-order valence-electron chi connectivity index (χ0n) is 21.9. The number of rotatable bonds is 11. The van der Waals surface area contributed by atoms with E-state index in [-0.39, 0.29) is 11.3 Å². The predicted octanol–water partition coefficient (Wildman–Crippen LogP) is 4.11. The van der Waals surface area contributed by atoms with Crippen LogP contribution in [0.1, 0.15) is 37.4 Å². The Morgan fingerprint density at radius 3 is 2.28 bits per heavy atom. The van der Waals surface area contributed by atoms with Gasteiger partial charge in [-0.1, -0.05) is 13.8 Å². The van der Waals surface area contributed by atoms with Gasteiger partial charge in [-0.25, -0.2) is 0 Å². The molecule has 0 spiro atoms. The van der Waals surface area contributed by atoms with Gasteiger partial charge in [0.05, 0.1) is 32.4 Å². The fraction of sp³-hybridized carbons (Fsp3) is 0.429. The summed E-state index contributed by atoms with van der Waals surface area (Å²) in [6, 6.07) is 11.2. The van der Waals surface area contributed by atoms with Crippen molar-refractivity contribution in [3.05, 3.63) is 59.2 Å². The van der Waals surface area contributed by atoms with Crippen molar-refractivity contribution in [2.45, 2.75) is 26.3 Å². The quantitative estimate of drug-likeness (QED) is 0.285. The first-order chi connectivity index (χ1) is 17.2. The number of amides is 1. The number of aliphatic hydroxyl groups is 1. The molecule has 1 aliphatic rings. The zero-order chi connectivity index (χ0) is 26.4. The topological polar surface area (TPSA) is 88.5 Å². The predicted molar refractivity (Wildman–Crippen MR) is 139 cm³/mol. The highest BCUT2D eigenvalue weighted by Gasteiger charge is 2.47. The van der Waals surface area contributed by atoms with E-state index in [9.17, 15) is 14.7 Å². The van der Waals surface area contributed by atoms with Crippen LogP contribution in [0.2, 0.25) is 0 Å². The first-order valence-electron chi connectivity index (χ1n) is 12.1. The maximum absolute atomic E-state index is 13.3. The molecule has 2 aromatic rings. The van der Waals surface area contributed by atoms with Gasteiger partial charge in [0.25, 0.3) is 11.7 Å². The van der Waals surface area contributed by atoms with Gasteiger partial charge in [-0.2, -0.15) is 0 Å². The van der Waals surface area contributed by atoms with Crippen molar-refractivity contribution in [1.82, 2.24) is 9.80 Å². The SMILES string of the molecule is COc1ccc(OC)c([C@H]2C(=C(O)c3ccc(OCC(C)C)cc3)C(=O)C(=O)N2CCCN(C)C)c1. The fourth-order valence-electron chi connectivity index (χ4n) is 4.17. The molecule has 1 heterocycles. The number of ether oxygens (including phenoxy) is 3. The first-order valence-corrected chi connectivity index (χ1v) is 12.1. The van der Waals surface area contributed by atoms with Crippen molar-refractivity contribution in [1.29, 1.82) is 0 Å². The van der Waals surface area contributed by atoms with Crippen LogP contribution in [0.4, 0.5) is 0 Å². The van der Waals surface area contributed by atoms with Gasteiger partial charge in [0.2, 0.25) is 0 Å². The summed E-state index contributed by atoms with van der Waals surface area (Å²) in [6.07, 6.45) is 0.657. The molecule has 0 radical (unpaired) electrons. The van der Waals surface area contributed by atoms with Gasteiger partial charge >= 0.3 is 0 Å². The molecule has 0 bridgehead atoms. The maximum Gasteiger partial charge on any atom is 0.295 e. The lowest BCUT2D eigenvalue weighted by Gasteiger charge is -2.27. The largest absolute Gasteiger partial charge is 0.507 e. The van der Waals surface area contributed by atoms with Gasteiger partial charge in [-0.15, -0.1) is 0 Å². The summed E-state index contributed by atoms with van der Waals surface area (Å²) >= 11 is 0. The molecule has 8 heteroatoms. The van der Waals surface area contributed by atoms with E-state index in [1.807, 2.05) is 19.0 Å². The number of methoxy groups -OCH3 is 2. The zero-order valence-corrected chi connectivity index (χ0v) is 21.9. The number of carbonyl (C=O) groups is 2. The van der Waals surface area contributed by atoms with Crippen LogP contribution in [-0.2, 0) is 9.59 Å². The van der Waals surface area contributed by atoms with E-state index in [4.69, 9.17) is 14.2 Å². The number of aliphatic hydroxyl groups excluding tert-OH is 1. The summed E-state index contributed by atoms with van der Waals surface area (Å²) in [4.78, 5) is 30.0. The van der Waals surface area contributed by atoms with Crippen molar-refractivity contribution in [3.63, 3.8) is 0 Å². The normalized spacial score (nSPS) is 17.2. The number of hydrogen-bond acceptors (Lipinski definition) is 7. The van der Waals surface area contributed by atoms with E-state index < -0.39 is 17.7 Å². The second-order valence-corrected chi connectivity index (χ2v) is 9.49. The van der Waals surface area contributed by atoms with Crippen LogP contribution in [0, 0.1) is 5.92 Å². The van der Waals surface area contributed by atoms with Gasteiger partial charge in [0, 0.05) is 17.7 Å². The third-order valence-electron chi connectivity index (χ3n) is 5.99. The summed E-state index contributed by atoms with van der Waals surface area (Å²) in [7, 11) is 6.97. The monoisotopic (exact) mass is 496 g/mol. The third kappa shape index (κ3) is 5.99. The third-order valence-corrected chi connectivity index (χ3v) is 5.99. The van der Waals surface area contributed by atoms with Crippen LogP contribution in [-0.4, -0.2) is 74.6 Å². The van der Waals surface area contributed by atoms with Crippen molar-refractivity contribution in [2.24, 2.45) is 5.92 Å². The Balaban J connectivity index is 2.10. The molecule has 0 unspecified atom stereocenters. The minimum atomic E-state index is -0.825. The van der Waals surface area contributed by atoms with Crippen LogP contribution in [0.3, 0.4) is 0 Å². The highest BCUT2D eigenvalue weighted by molar-refractivity contribution is 6.46. The van der Waals surface area contributed by atoms with Crippen molar-refractivity contribution in [3.8, 4) is 17.2 Å². The van der Waals surface area contributed by atoms with Crippen molar-refractivity contribution < 1.29 is 28.9 Å². The molecule has 2 aromatic carbocycles. The Morgan fingerprint density at radius 2 is 1.69 bits per heavy atom. The highest BCUT2D eigenvalue weighted by Crippen LogP contribution is 2.44. The molecule has 1 saturated heterocycles. The summed E-state index contributed by atoms with van der Waals surface area (Å²) < 4.78 is 16.7. The molecule has 0 aromatic heterocycles. The molecule has 3 rings (SSSR count). The number of Topliss-reactive ketones (excluding diaryl/α,β-unsaturated/α-hetero) is 1. The number of nitrogens with zero attached hydrogens (tertiary/aromatic N) is 2. The van der Waals surface area contributed by atoms with Crippen LogP contribution >= 0.6 is 0 Å². The average molecular weight is 497 g/mol. The Morgan fingerprint density at radius 1 is 1.03 bits per heavy atom. The van der Waals surface area contributed by atoms with Crippen molar-refractivity contribution in [2.75, 3.05) is 48.0 Å². The lowest BCUT2D eigenvalue weighted by molar-refractivity contribution is -0.140. The average Bonchev–Trinajstić information content (AvgIpc) is 3.11. The summed E-state index contributed by atoms with van der Waals surface area (Å²) in [5, 5.41) is 11.3. The Hall–Kier alpha value is -3.52. The van der Waals surface area contributed by atoms with Gasteiger partial charge in [-0.05, 0) is 75.4 Å². The van der Waals surface area contributed by atoms with E-state index in [2.05, 4.69) is 13.8 Å². The smallest absolute Gasteiger partial charge is 0.295 e. The minimum absolute atomic E-state index is 0.0206. The summed E-state index contributed by atoms with van der Waals surface area (Å²) in [5.41, 5.74) is 1.01. The number of likely N-dealkylation sites (tertiary alicyclic amines) is 1. The molecule has 36 heavy (non-hydrogen) atoms. The van der Waals surface area contributed by atoms with Crippen LogP contribution in [0.15, 0.2) is 48.0 Å². The molecular weight excluding hydrogens is 460 g/mol. The van der Waals surface area contributed by atoms with Crippen LogP contribution in [0.5, 0.6) is 17.2 Å². The Kier molecular flexibility index (Phi) is 8.98. The number of carbonyl (C=O) groups excluding carboxylic acids is 2. The maximum atomic E-state index is 13.3. The Labute approximate surface area is 213 Å². The summed E-state index contributed by atoms with van der Waals surface area (Å²) in [5.74, 6) is 0.456. The number of ketones is 1. The van der Waals surface area contributed by atoms with Gasteiger partial charge in [0.1, 0.15) is 23.0 Å². The molecule has 1 N–H and O–H groups in total. The molecule has 0 saturated carbocycles. The lowest BCUT2D eigenvalue weighted by atomic mass is 9.94. The summed E-state index contributed by atoms with van der Waals surface area (Å²) in [6.45, 7) is 5.77. The molecule has 0 aliphatic carbocycles. The van der Waals surface area contributed by atoms with E-state index in [1.165, 1.54) is 12.0 Å². The van der Waals surface area contributed by atoms with Crippen molar-refractivity contribution >= 4 is 17.4 Å². The first kappa shape index (κ1) is 27.1. The lowest BCUT2D eigenvalue weighted by Crippen LogP contribution is -2.32.